The minimum atomic E-state index is 0.356. The molecule has 0 unspecified atom stereocenters. The van der Waals surface area contributed by atoms with Crippen LogP contribution in [0, 0.1) is 5.92 Å². The summed E-state index contributed by atoms with van der Waals surface area (Å²) >= 11 is 4.92. The van der Waals surface area contributed by atoms with Gasteiger partial charge in [0.15, 0.2) is 0 Å². The van der Waals surface area contributed by atoms with Crippen molar-refractivity contribution in [2.24, 2.45) is 5.92 Å². The zero-order chi connectivity index (χ0) is 8.85. The van der Waals surface area contributed by atoms with Crippen molar-refractivity contribution in [1.29, 1.82) is 0 Å². The van der Waals surface area contributed by atoms with Gasteiger partial charge >= 0.3 is 0 Å². The molecule has 0 heterocycles. The quantitative estimate of drug-likeness (QED) is 0.662. The molecule has 0 radical (unpaired) electrons. The second-order valence-corrected chi connectivity index (χ2v) is 3.66. The highest BCUT2D eigenvalue weighted by Crippen LogP contribution is 1.93. The smallest absolute Gasteiger partial charge is 0.256 e. The lowest BCUT2D eigenvalue weighted by atomic mass is 10.2. The molecule has 1 N–H and O–H groups in total. The van der Waals surface area contributed by atoms with Crippen LogP contribution in [0.1, 0.15) is 27.7 Å². The van der Waals surface area contributed by atoms with Crippen LogP contribution in [0.4, 0.5) is 0 Å². The van der Waals surface area contributed by atoms with Gasteiger partial charge in [0.1, 0.15) is 0 Å². The maximum Gasteiger partial charge on any atom is 0.256 e. The van der Waals surface area contributed by atoms with E-state index >= 15 is 0 Å². The van der Waals surface area contributed by atoms with E-state index in [0.29, 0.717) is 23.7 Å². The van der Waals surface area contributed by atoms with E-state index in [1.54, 1.807) is 0 Å². The number of thiocarbonyl (C=S) groups is 1. The molecule has 0 atom stereocenters. The molecule has 66 valence electrons. The van der Waals surface area contributed by atoms with Crippen molar-refractivity contribution in [3.05, 3.63) is 0 Å². The Hall–Kier alpha value is -0.310. The van der Waals surface area contributed by atoms with E-state index in [4.69, 9.17) is 17.0 Å². The molecule has 0 aromatic heterocycles. The van der Waals surface area contributed by atoms with Gasteiger partial charge in [0.2, 0.25) is 0 Å². The van der Waals surface area contributed by atoms with Crippen molar-refractivity contribution in [2.75, 3.05) is 6.61 Å². The first kappa shape index (κ1) is 10.7. The number of hydrogen-bond donors (Lipinski definition) is 1. The van der Waals surface area contributed by atoms with E-state index in [2.05, 4.69) is 19.2 Å². The lowest BCUT2D eigenvalue weighted by molar-refractivity contribution is 0.252. The van der Waals surface area contributed by atoms with Crippen LogP contribution in [-0.4, -0.2) is 17.8 Å². The highest BCUT2D eigenvalue weighted by atomic mass is 32.1. The highest BCUT2D eigenvalue weighted by molar-refractivity contribution is 7.80. The Morgan fingerprint density at radius 3 is 2.27 bits per heavy atom. The molecule has 0 aromatic rings. The number of hydrogen-bond acceptors (Lipinski definition) is 2. The van der Waals surface area contributed by atoms with Crippen molar-refractivity contribution < 1.29 is 4.74 Å². The molecule has 0 saturated heterocycles. The van der Waals surface area contributed by atoms with Crippen LogP contribution in [0.3, 0.4) is 0 Å². The van der Waals surface area contributed by atoms with E-state index < -0.39 is 0 Å². The number of ether oxygens (including phenoxy) is 1. The Kier molecular flexibility index (Phi) is 5.20. The average molecular weight is 175 g/mol. The molecule has 0 spiro atoms. The first-order valence-corrected chi connectivity index (χ1v) is 4.36. The topological polar surface area (TPSA) is 21.3 Å². The fraction of sp³-hybridized carbons (Fsp3) is 0.875. The third kappa shape index (κ3) is 7.59. The Bertz CT molecular complexity index is 123. The van der Waals surface area contributed by atoms with Crippen LogP contribution < -0.4 is 5.32 Å². The third-order valence-electron chi connectivity index (χ3n) is 0.954. The summed E-state index contributed by atoms with van der Waals surface area (Å²) in [7, 11) is 0. The maximum absolute atomic E-state index is 5.23. The van der Waals surface area contributed by atoms with Gasteiger partial charge in [-0.15, -0.1) is 0 Å². The van der Waals surface area contributed by atoms with Crippen LogP contribution in [0.5, 0.6) is 0 Å². The molecule has 0 amide bonds. The van der Waals surface area contributed by atoms with Crippen molar-refractivity contribution in [3.8, 4) is 0 Å². The van der Waals surface area contributed by atoms with Gasteiger partial charge in [-0.1, -0.05) is 13.8 Å². The molecular weight excluding hydrogens is 158 g/mol. The summed E-state index contributed by atoms with van der Waals surface area (Å²) in [6.07, 6.45) is 0. The fourth-order valence-corrected chi connectivity index (χ4v) is 0.823. The summed E-state index contributed by atoms with van der Waals surface area (Å²) in [6.45, 7) is 8.95. The van der Waals surface area contributed by atoms with Crippen molar-refractivity contribution in [3.63, 3.8) is 0 Å². The maximum atomic E-state index is 5.23. The van der Waals surface area contributed by atoms with Crippen molar-refractivity contribution >= 4 is 17.4 Å². The Morgan fingerprint density at radius 1 is 1.36 bits per heavy atom. The van der Waals surface area contributed by atoms with Crippen molar-refractivity contribution in [1.82, 2.24) is 5.32 Å². The molecule has 0 rings (SSSR count). The van der Waals surface area contributed by atoms with Gasteiger partial charge in [-0.25, -0.2) is 0 Å². The summed E-state index contributed by atoms with van der Waals surface area (Å²) in [5.74, 6) is 0.530. The zero-order valence-corrected chi connectivity index (χ0v) is 8.49. The van der Waals surface area contributed by atoms with Gasteiger partial charge in [-0.2, -0.15) is 0 Å². The predicted molar refractivity (Wildman–Crippen MR) is 51.7 cm³/mol. The summed E-state index contributed by atoms with van der Waals surface area (Å²) in [6, 6.07) is 0.356. The normalized spacial score (nSPS) is 10.4. The Morgan fingerprint density at radius 2 is 1.91 bits per heavy atom. The first-order chi connectivity index (χ1) is 5.02. The van der Waals surface area contributed by atoms with E-state index in [9.17, 15) is 0 Å². The van der Waals surface area contributed by atoms with E-state index in [0.717, 1.165) is 0 Å². The minimum absolute atomic E-state index is 0.356. The molecule has 0 fully saturated rings. The van der Waals surface area contributed by atoms with Gasteiger partial charge in [-0.05, 0) is 32.0 Å². The molecular formula is C8H17NOS. The molecule has 0 saturated carbocycles. The molecule has 0 aliphatic carbocycles. The second kappa shape index (κ2) is 5.35. The second-order valence-electron chi connectivity index (χ2n) is 3.29. The predicted octanol–water partition coefficient (Wildman–Crippen LogP) is 1.94. The standard InChI is InChI=1S/C8H17NOS/c1-6(2)5-10-8(11)9-7(3)4/h6-7H,5H2,1-4H3,(H,9,11). The summed E-state index contributed by atoms with van der Waals surface area (Å²) in [5, 5.41) is 3.52. The number of rotatable bonds is 3. The lowest BCUT2D eigenvalue weighted by Gasteiger charge is -2.13. The molecule has 0 aromatic carbocycles. The van der Waals surface area contributed by atoms with Gasteiger partial charge in [-0.3, -0.25) is 0 Å². The van der Waals surface area contributed by atoms with Gasteiger partial charge in [0.25, 0.3) is 5.17 Å². The van der Waals surface area contributed by atoms with E-state index in [1.807, 2.05) is 13.8 Å². The van der Waals surface area contributed by atoms with Crippen LogP contribution in [0.15, 0.2) is 0 Å². The fourth-order valence-electron chi connectivity index (χ4n) is 0.520. The average Bonchev–Trinajstić information content (AvgIpc) is 1.82. The Labute approximate surface area is 74.3 Å². The summed E-state index contributed by atoms with van der Waals surface area (Å²) in [5.41, 5.74) is 0. The SMILES string of the molecule is CC(C)COC(=S)NC(C)C. The monoisotopic (exact) mass is 175 g/mol. The molecule has 0 aliphatic rings. The largest absolute Gasteiger partial charge is 0.471 e. The zero-order valence-electron chi connectivity index (χ0n) is 7.68. The van der Waals surface area contributed by atoms with Crippen LogP contribution in [-0.2, 0) is 4.74 Å². The summed E-state index contributed by atoms with van der Waals surface area (Å²) < 4.78 is 5.23. The van der Waals surface area contributed by atoms with E-state index in [-0.39, 0.29) is 0 Å². The number of nitrogens with one attached hydrogen (secondary N) is 1. The third-order valence-corrected chi connectivity index (χ3v) is 1.19. The van der Waals surface area contributed by atoms with Crippen LogP contribution >= 0.6 is 12.2 Å². The summed E-state index contributed by atoms with van der Waals surface area (Å²) in [4.78, 5) is 0. The molecule has 2 nitrogen and oxygen atoms in total. The highest BCUT2D eigenvalue weighted by Gasteiger charge is 2.00. The lowest BCUT2D eigenvalue weighted by Crippen LogP contribution is -2.31. The van der Waals surface area contributed by atoms with Gasteiger partial charge in [0, 0.05) is 6.04 Å². The van der Waals surface area contributed by atoms with Crippen molar-refractivity contribution in [2.45, 2.75) is 33.7 Å². The first-order valence-electron chi connectivity index (χ1n) is 3.95. The van der Waals surface area contributed by atoms with E-state index in [1.165, 1.54) is 0 Å². The molecule has 0 aliphatic heterocycles. The van der Waals surface area contributed by atoms with Gasteiger partial charge < -0.3 is 10.1 Å². The molecule has 3 heteroatoms. The minimum Gasteiger partial charge on any atom is -0.471 e. The van der Waals surface area contributed by atoms with Crippen LogP contribution in [0.25, 0.3) is 0 Å². The molecule has 11 heavy (non-hydrogen) atoms. The Balaban J connectivity index is 3.38. The van der Waals surface area contributed by atoms with Crippen LogP contribution in [0.2, 0.25) is 0 Å². The molecule has 0 bridgehead atoms. The van der Waals surface area contributed by atoms with Gasteiger partial charge in [0.05, 0.1) is 6.61 Å².